The summed E-state index contributed by atoms with van der Waals surface area (Å²) < 4.78 is 6.95. The number of rotatable bonds is 9. The SMILES string of the molecule is COCCN(CCCc1ccccc1)C(=O)c1nnn(-c2cccc3ncccc23)c1C. The molecule has 0 radical (unpaired) electrons. The summed E-state index contributed by atoms with van der Waals surface area (Å²) in [5, 5.41) is 9.52. The standard InChI is InChI=1S/C25H27N5O2/c1-19-24(27-28-30(19)23-14-6-13-22-21(23)12-7-15-26-22)25(31)29(17-18-32-2)16-8-11-20-9-4-3-5-10-20/h3-7,9-10,12-15H,8,11,16-18H2,1-2H3. The molecule has 0 aliphatic carbocycles. The van der Waals surface area contributed by atoms with Crippen molar-refractivity contribution in [1.82, 2.24) is 24.9 Å². The lowest BCUT2D eigenvalue weighted by atomic mass is 10.1. The number of carbonyl (C=O) groups is 1. The van der Waals surface area contributed by atoms with Gasteiger partial charge in [0.2, 0.25) is 0 Å². The maximum atomic E-state index is 13.4. The Kier molecular flexibility index (Phi) is 6.87. The molecule has 2 heterocycles. The second kappa shape index (κ2) is 10.2. The van der Waals surface area contributed by atoms with Gasteiger partial charge < -0.3 is 9.64 Å². The molecule has 0 saturated heterocycles. The largest absolute Gasteiger partial charge is 0.383 e. The number of fused-ring (bicyclic) bond motifs is 1. The number of amides is 1. The van der Waals surface area contributed by atoms with Gasteiger partial charge in [-0.3, -0.25) is 9.78 Å². The molecule has 2 aromatic carbocycles. The zero-order valence-electron chi connectivity index (χ0n) is 18.4. The van der Waals surface area contributed by atoms with Crippen LogP contribution in [0.15, 0.2) is 66.9 Å². The second-order valence-corrected chi connectivity index (χ2v) is 7.66. The Bertz CT molecular complexity index is 1180. The summed E-state index contributed by atoms with van der Waals surface area (Å²) in [6.07, 6.45) is 3.53. The summed E-state index contributed by atoms with van der Waals surface area (Å²) >= 11 is 0. The van der Waals surface area contributed by atoms with Crippen LogP contribution in [0.1, 0.15) is 28.2 Å². The van der Waals surface area contributed by atoms with E-state index in [1.807, 2.05) is 55.5 Å². The molecule has 0 atom stereocenters. The smallest absolute Gasteiger partial charge is 0.276 e. The maximum absolute atomic E-state index is 13.4. The van der Waals surface area contributed by atoms with Crippen LogP contribution in [0.3, 0.4) is 0 Å². The molecule has 0 saturated carbocycles. The van der Waals surface area contributed by atoms with Gasteiger partial charge in [0.15, 0.2) is 5.69 Å². The minimum atomic E-state index is -0.128. The molecule has 0 bridgehead atoms. The van der Waals surface area contributed by atoms with Gasteiger partial charge in [-0.15, -0.1) is 5.10 Å². The van der Waals surface area contributed by atoms with Crippen LogP contribution < -0.4 is 0 Å². The van der Waals surface area contributed by atoms with E-state index in [1.165, 1.54) is 5.56 Å². The monoisotopic (exact) mass is 429 g/mol. The number of nitrogens with zero attached hydrogens (tertiary/aromatic N) is 5. The molecule has 0 fully saturated rings. The average molecular weight is 430 g/mol. The van der Waals surface area contributed by atoms with Gasteiger partial charge in [-0.2, -0.15) is 0 Å². The van der Waals surface area contributed by atoms with Gasteiger partial charge >= 0.3 is 0 Å². The first-order valence-electron chi connectivity index (χ1n) is 10.8. The van der Waals surface area contributed by atoms with Crippen molar-refractivity contribution in [3.63, 3.8) is 0 Å². The van der Waals surface area contributed by atoms with Crippen molar-refractivity contribution in [1.29, 1.82) is 0 Å². The molecule has 7 nitrogen and oxygen atoms in total. The zero-order chi connectivity index (χ0) is 22.3. The minimum Gasteiger partial charge on any atom is -0.383 e. The van der Waals surface area contributed by atoms with Crippen molar-refractivity contribution in [2.75, 3.05) is 26.8 Å². The van der Waals surface area contributed by atoms with E-state index in [2.05, 4.69) is 27.4 Å². The fraction of sp³-hybridized carbons (Fsp3) is 0.280. The first-order chi connectivity index (χ1) is 15.7. The molecule has 4 rings (SSSR count). The highest BCUT2D eigenvalue weighted by atomic mass is 16.5. The van der Waals surface area contributed by atoms with Crippen molar-refractivity contribution in [3.05, 3.63) is 83.8 Å². The molecule has 0 N–H and O–H groups in total. The highest BCUT2D eigenvalue weighted by Gasteiger charge is 2.23. The summed E-state index contributed by atoms with van der Waals surface area (Å²) in [6, 6.07) is 20.0. The van der Waals surface area contributed by atoms with Crippen LogP contribution in [0.25, 0.3) is 16.6 Å². The lowest BCUT2D eigenvalue weighted by Crippen LogP contribution is -2.35. The molecule has 2 aromatic heterocycles. The summed E-state index contributed by atoms with van der Waals surface area (Å²) in [7, 11) is 1.64. The highest BCUT2D eigenvalue weighted by molar-refractivity contribution is 5.94. The van der Waals surface area contributed by atoms with Crippen molar-refractivity contribution >= 4 is 16.8 Å². The van der Waals surface area contributed by atoms with E-state index >= 15 is 0 Å². The van der Waals surface area contributed by atoms with Crippen molar-refractivity contribution in [2.24, 2.45) is 0 Å². The van der Waals surface area contributed by atoms with Crippen LogP contribution in [0.5, 0.6) is 0 Å². The number of pyridine rings is 1. The predicted molar refractivity (Wildman–Crippen MR) is 124 cm³/mol. The normalized spacial score (nSPS) is 11.1. The van der Waals surface area contributed by atoms with Gasteiger partial charge in [-0.05, 0) is 49.6 Å². The lowest BCUT2D eigenvalue weighted by molar-refractivity contribution is 0.0686. The molecular formula is C25H27N5O2. The van der Waals surface area contributed by atoms with Crippen LogP contribution in [-0.2, 0) is 11.2 Å². The van der Waals surface area contributed by atoms with Crippen LogP contribution >= 0.6 is 0 Å². The number of aryl methyl sites for hydroxylation is 1. The van der Waals surface area contributed by atoms with Gasteiger partial charge in [0.1, 0.15) is 0 Å². The van der Waals surface area contributed by atoms with Gasteiger partial charge in [-0.25, -0.2) is 4.68 Å². The third kappa shape index (κ3) is 4.68. The van der Waals surface area contributed by atoms with E-state index in [4.69, 9.17) is 4.74 Å². The van der Waals surface area contributed by atoms with Gasteiger partial charge in [-0.1, -0.05) is 41.6 Å². The molecule has 7 heteroatoms. The Morgan fingerprint density at radius 3 is 2.69 bits per heavy atom. The summed E-state index contributed by atoms with van der Waals surface area (Å²) in [6.45, 7) is 3.48. The van der Waals surface area contributed by atoms with Crippen LogP contribution in [-0.4, -0.2) is 57.6 Å². The number of hydrogen-bond acceptors (Lipinski definition) is 5. The highest BCUT2D eigenvalue weighted by Crippen LogP contribution is 2.22. The molecule has 32 heavy (non-hydrogen) atoms. The van der Waals surface area contributed by atoms with Crippen LogP contribution in [0.2, 0.25) is 0 Å². The third-order valence-corrected chi connectivity index (χ3v) is 5.54. The minimum absolute atomic E-state index is 0.128. The summed E-state index contributed by atoms with van der Waals surface area (Å²) in [5.41, 5.74) is 4.06. The second-order valence-electron chi connectivity index (χ2n) is 7.66. The average Bonchev–Trinajstić information content (AvgIpc) is 3.22. The Hall–Kier alpha value is -3.58. The van der Waals surface area contributed by atoms with E-state index in [1.54, 1.807) is 22.9 Å². The molecular weight excluding hydrogens is 402 g/mol. The molecule has 4 aromatic rings. The first-order valence-corrected chi connectivity index (χ1v) is 10.8. The molecule has 1 amide bonds. The van der Waals surface area contributed by atoms with Gasteiger partial charge in [0.25, 0.3) is 5.91 Å². The van der Waals surface area contributed by atoms with E-state index < -0.39 is 0 Å². The number of carbonyl (C=O) groups excluding carboxylic acids is 1. The molecule has 0 spiro atoms. The van der Waals surface area contributed by atoms with Crippen molar-refractivity contribution < 1.29 is 9.53 Å². The van der Waals surface area contributed by atoms with E-state index in [9.17, 15) is 4.79 Å². The summed E-state index contributed by atoms with van der Waals surface area (Å²) in [4.78, 5) is 19.6. The Labute approximate surface area is 187 Å². The molecule has 164 valence electrons. The van der Waals surface area contributed by atoms with Crippen molar-refractivity contribution in [3.8, 4) is 5.69 Å². The van der Waals surface area contributed by atoms with E-state index in [0.29, 0.717) is 31.1 Å². The van der Waals surface area contributed by atoms with Crippen LogP contribution in [0, 0.1) is 6.92 Å². The number of ether oxygens (including phenoxy) is 1. The van der Waals surface area contributed by atoms with E-state index in [-0.39, 0.29) is 5.91 Å². The van der Waals surface area contributed by atoms with E-state index in [0.717, 1.165) is 29.4 Å². The van der Waals surface area contributed by atoms with Gasteiger partial charge in [0, 0.05) is 31.8 Å². The Balaban J connectivity index is 1.55. The number of benzene rings is 2. The topological polar surface area (TPSA) is 73.1 Å². The predicted octanol–water partition coefficient (Wildman–Crippen LogP) is 3.85. The maximum Gasteiger partial charge on any atom is 0.276 e. The zero-order valence-corrected chi connectivity index (χ0v) is 18.4. The fourth-order valence-electron chi connectivity index (χ4n) is 3.81. The molecule has 0 aliphatic rings. The fourth-order valence-corrected chi connectivity index (χ4v) is 3.81. The molecule has 0 unspecified atom stereocenters. The quantitative estimate of drug-likeness (QED) is 0.404. The number of aromatic nitrogens is 4. The Morgan fingerprint density at radius 1 is 1.03 bits per heavy atom. The van der Waals surface area contributed by atoms with Crippen molar-refractivity contribution in [2.45, 2.75) is 19.8 Å². The first kappa shape index (κ1) is 21.6. The summed E-state index contributed by atoms with van der Waals surface area (Å²) in [5.74, 6) is -0.128. The number of methoxy groups -OCH3 is 1. The number of hydrogen-bond donors (Lipinski definition) is 0. The third-order valence-electron chi connectivity index (χ3n) is 5.54. The molecule has 0 aliphatic heterocycles. The lowest BCUT2D eigenvalue weighted by Gasteiger charge is -2.21. The Morgan fingerprint density at radius 2 is 1.88 bits per heavy atom. The van der Waals surface area contributed by atoms with Crippen LogP contribution in [0.4, 0.5) is 0 Å². The van der Waals surface area contributed by atoms with Gasteiger partial charge in [0.05, 0.1) is 23.5 Å².